The van der Waals surface area contributed by atoms with Crippen molar-refractivity contribution < 1.29 is 10.2 Å². The first-order valence-corrected chi connectivity index (χ1v) is 8.15. The van der Waals surface area contributed by atoms with Crippen molar-refractivity contribution in [2.24, 2.45) is 0 Å². The van der Waals surface area contributed by atoms with Gasteiger partial charge in [-0.05, 0) is 56.0 Å². The Balaban J connectivity index is 2.10. The summed E-state index contributed by atoms with van der Waals surface area (Å²) in [5, 5.41) is 22.9. The van der Waals surface area contributed by atoms with Gasteiger partial charge in [0.2, 0.25) is 0 Å². The van der Waals surface area contributed by atoms with Crippen LogP contribution in [0.5, 0.6) is 11.5 Å². The maximum atomic E-state index is 9.90. The van der Waals surface area contributed by atoms with E-state index in [0.29, 0.717) is 5.56 Å². The molecule has 0 aliphatic rings. The Morgan fingerprint density at radius 1 is 0.952 bits per heavy atom. The van der Waals surface area contributed by atoms with E-state index in [4.69, 9.17) is 0 Å². The molecule has 4 heteroatoms. The van der Waals surface area contributed by atoms with Crippen molar-refractivity contribution in [3.63, 3.8) is 0 Å². The van der Waals surface area contributed by atoms with Crippen LogP contribution in [0.15, 0.2) is 47.4 Å². The fourth-order valence-corrected chi connectivity index (χ4v) is 2.75. The predicted octanol–water partition coefficient (Wildman–Crippen LogP) is 4.23. The summed E-state index contributed by atoms with van der Waals surface area (Å²) in [5.74, 6) is 0.353. The molecule has 0 fully saturated rings. The van der Waals surface area contributed by atoms with Crippen LogP contribution in [0.3, 0.4) is 0 Å². The van der Waals surface area contributed by atoms with Crippen LogP contribution in [-0.4, -0.2) is 16.5 Å². The molecular weight excluding hydrogens is 282 g/mol. The molecule has 112 valence electrons. The second-order valence-electron chi connectivity index (χ2n) is 5.13. The monoisotopic (exact) mass is 303 g/mol. The van der Waals surface area contributed by atoms with Crippen molar-refractivity contribution in [2.45, 2.75) is 30.8 Å². The number of phenols is 2. The third-order valence-electron chi connectivity index (χ3n) is 3.59. The molecule has 0 spiro atoms. The summed E-state index contributed by atoms with van der Waals surface area (Å²) in [5.41, 5.74) is 1.89. The lowest BCUT2D eigenvalue weighted by Gasteiger charge is -2.21. The van der Waals surface area contributed by atoms with E-state index in [1.54, 1.807) is 17.8 Å². The number of phenolic OH excluding ortho intramolecular Hbond substituents is 2. The Kier molecular flexibility index (Phi) is 5.15. The molecule has 0 amide bonds. The fourth-order valence-electron chi connectivity index (χ4n) is 2.34. The molecule has 2 unspecified atom stereocenters. The molecule has 0 aliphatic heterocycles. The summed E-state index contributed by atoms with van der Waals surface area (Å²) >= 11 is 1.72. The maximum absolute atomic E-state index is 9.90. The number of nitrogens with one attached hydrogen (secondary N) is 1. The summed E-state index contributed by atoms with van der Waals surface area (Å²) < 4.78 is 0. The molecule has 0 saturated heterocycles. The molecule has 0 aliphatic carbocycles. The highest BCUT2D eigenvalue weighted by atomic mass is 32.2. The van der Waals surface area contributed by atoms with E-state index in [1.165, 1.54) is 22.6 Å². The van der Waals surface area contributed by atoms with Gasteiger partial charge in [-0.3, -0.25) is 0 Å². The zero-order valence-electron chi connectivity index (χ0n) is 12.5. The normalized spacial score (nSPS) is 13.9. The van der Waals surface area contributed by atoms with Crippen molar-refractivity contribution >= 4 is 11.8 Å². The topological polar surface area (TPSA) is 52.5 Å². The van der Waals surface area contributed by atoms with E-state index >= 15 is 0 Å². The van der Waals surface area contributed by atoms with Crippen molar-refractivity contribution in [1.29, 1.82) is 0 Å². The van der Waals surface area contributed by atoms with Crippen molar-refractivity contribution in [1.82, 2.24) is 5.32 Å². The molecule has 0 bridgehead atoms. The number of hydrogen-bond acceptors (Lipinski definition) is 4. The van der Waals surface area contributed by atoms with E-state index in [-0.39, 0.29) is 23.6 Å². The first-order valence-electron chi connectivity index (χ1n) is 6.93. The average Bonchev–Trinajstić information content (AvgIpc) is 2.49. The van der Waals surface area contributed by atoms with Crippen LogP contribution >= 0.6 is 11.8 Å². The van der Waals surface area contributed by atoms with E-state index < -0.39 is 0 Å². The Morgan fingerprint density at radius 2 is 1.62 bits per heavy atom. The van der Waals surface area contributed by atoms with Crippen LogP contribution in [0.4, 0.5) is 0 Å². The van der Waals surface area contributed by atoms with Gasteiger partial charge in [0.15, 0.2) is 0 Å². The first-order chi connectivity index (χ1) is 10.0. The van der Waals surface area contributed by atoms with Crippen molar-refractivity contribution in [3.8, 4) is 11.5 Å². The van der Waals surface area contributed by atoms with Gasteiger partial charge in [0, 0.05) is 22.5 Å². The Labute approximate surface area is 130 Å². The summed E-state index contributed by atoms with van der Waals surface area (Å²) in [6.45, 7) is 4.06. The Hall–Kier alpha value is -1.65. The van der Waals surface area contributed by atoms with Crippen LogP contribution in [0.2, 0.25) is 0 Å². The van der Waals surface area contributed by atoms with E-state index in [2.05, 4.69) is 42.8 Å². The van der Waals surface area contributed by atoms with Gasteiger partial charge in [0.1, 0.15) is 11.5 Å². The van der Waals surface area contributed by atoms with Gasteiger partial charge in [-0.15, -0.1) is 11.8 Å². The molecule has 0 heterocycles. The molecule has 3 N–H and O–H groups in total. The zero-order chi connectivity index (χ0) is 15.4. The van der Waals surface area contributed by atoms with Gasteiger partial charge in [0.25, 0.3) is 0 Å². The lowest BCUT2D eigenvalue weighted by Crippen LogP contribution is -2.22. The summed E-state index contributed by atoms with van der Waals surface area (Å²) in [4.78, 5) is 1.24. The number of aromatic hydroxyl groups is 2. The third-order valence-corrected chi connectivity index (χ3v) is 4.34. The quantitative estimate of drug-likeness (QED) is 0.571. The minimum absolute atomic E-state index is 0.0627. The summed E-state index contributed by atoms with van der Waals surface area (Å²) in [6.07, 6.45) is 2.06. The Bertz CT molecular complexity index is 598. The van der Waals surface area contributed by atoms with Crippen LogP contribution in [0.1, 0.15) is 37.1 Å². The first kappa shape index (κ1) is 15.7. The molecule has 0 saturated carbocycles. The van der Waals surface area contributed by atoms with Gasteiger partial charge < -0.3 is 15.5 Å². The molecular formula is C17H21NO2S. The second-order valence-corrected chi connectivity index (χ2v) is 6.01. The highest BCUT2D eigenvalue weighted by Gasteiger charge is 2.14. The molecule has 3 nitrogen and oxygen atoms in total. The Morgan fingerprint density at radius 3 is 2.24 bits per heavy atom. The lowest BCUT2D eigenvalue weighted by molar-refractivity contribution is 0.429. The van der Waals surface area contributed by atoms with Crippen LogP contribution in [-0.2, 0) is 0 Å². The van der Waals surface area contributed by atoms with Crippen molar-refractivity contribution in [2.75, 3.05) is 6.26 Å². The van der Waals surface area contributed by atoms with Gasteiger partial charge >= 0.3 is 0 Å². The standard InChI is InChI=1S/C17H21NO2S/c1-11(13-4-7-15(21-3)8-5-13)18-12(2)16-10-14(19)6-9-17(16)20/h4-12,18-20H,1-3H3. The number of hydrogen-bond donors (Lipinski definition) is 3. The van der Waals surface area contributed by atoms with E-state index in [0.717, 1.165) is 0 Å². The molecule has 0 radical (unpaired) electrons. The van der Waals surface area contributed by atoms with Gasteiger partial charge in [0.05, 0.1) is 0 Å². The molecule has 2 atom stereocenters. The van der Waals surface area contributed by atoms with Gasteiger partial charge in [-0.2, -0.15) is 0 Å². The molecule has 21 heavy (non-hydrogen) atoms. The summed E-state index contributed by atoms with van der Waals surface area (Å²) in [6, 6.07) is 13.1. The average molecular weight is 303 g/mol. The highest BCUT2D eigenvalue weighted by molar-refractivity contribution is 7.98. The smallest absolute Gasteiger partial charge is 0.120 e. The maximum Gasteiger partial charge on any atom is 0.120 e. The van der Waals surface area contributed by atoms with Crippen LogP contribution < -0.4 is 5.32 Å². The van der Waals surface area contributed by atoms with Gasteiger partial charge in [-0.25, -0.2) is 0 Å². The number of benzene rings is 2. The number of rotatable bonds is 5. The van der Waals surface area contributed by atoms with E-state index in [1.807, 2.05) is 6.92 Å². The molecule has 2 rings (SSSR count). The van der Waals surface area contributed by atoms with Crippen molar-refractivity contribution in [3.05, 3.63) is 53.6 Å². The van der Waals surface area contributed by atoms with Crippen LogP contribution in [0, 0.1) is 0 Å². The second kappa shape index (κ2) is 6.87. The lowest BCUT2D eigenvalue weighted by atomic mass is 10.0. The fraction of sp³-hybridized carbons (Fsp3) is 0.294. The predicted molar refractivity (Wildman–Crippen MR) is 88.0 cm³/mol. The zero-order valence-corrected chi connectivity index (χ0v) is 13.3. The largest absolute Gasteiger partial charge is 0.508 e. The van der Waals surface area contributed by atoms with Gasteiger partial charge in [-0.1, -0.05) is 12.1 Å². The highest BCUT2D eigenvalue weighted by Crippen LogP contribution is 2.29. The minimum Gasteiger partial charge on any atom is -0.508 e. The van der Waals surface area contributed by atoms with Crippen LogP contribution in [0.25, 0.3) is 0 Å². The van der Waals surface area contributed by atoms with E-state index in [9.17, 15) is 10.2 Å². The SMILES string of the molecule is CSc1ccc(C(C)NC(C)c2cc(O)ccc2O)cc1. The molecule has 2 aromatic rings. The minimum atomic E-state index is -0.0627. The third kappa shape index (κ3) is 3.93. The molecule has 0 aromatic heterocycles. The molecule has 2 aromatic carbocycles. The summed E-state index contributed by atoms with van der Waals surface area (Å²) in [7, 11) is 0. The number of thioether (sulfide) groups is 1.